The van der Waals surface area contributed by atoms with E-state index in [1.807, 2.05) is 32.0 Å². The molecule has 0 unspecified atom stereocenters. The van der Waals surface area contributed by atoms with E-state index in [9.17, 15) is 9.59 Å². The van der Waals surface area contributed by atoms with E-state index in [0.29, 0.717) is 29.4 Å². The molecule has 2 aromatic carbocycles. The molecule has 2 rings (SSSR count). The molecule has 0 aromatic heterocycles. The smallest absolute Gasteiger partial charge is 0.344 e. The highest BCUT2D eigenvalue weighted by Gasteiger charge is 2.11. The Morgan fingerprint density at radius 2 is 1.81 bits per heavy atom. The average Bonchev–Trinajstić information content (AvgIpc) is 2.67. The Balaban J connectivity index is 1.92. The minimum Gasteiger partial charge on any atom is -0.495 e. The summed E-state index contributed by atoms with van der Waals surface area (Å²) in [5.41, 5.74) is 2.09. The first-order chi connectivity index (χ1) is 13.0. The normalized spacial score (nSPS) is 10.2. The van der Waals surface area contributed by atoms with Gasteiger partial charge in [-0.15, -0.1) is 0 Å². The molecule has 0 atom stereocenters. The van der Waals surface area contributed by atoms with Crippen molar-refractivity contribution in [2.24, 2.45) is 0 Å². The van der Waals surface area contributed by atoms with Crippen molar-refractivity contribution < 1.29 is 23.8 Å². The Hall–Kier alpha value is -3.02. The molecular weight excluding hydrogens is 346 g/mol. The molecule has 6 heteroatoms. The van der Waals surface area contributed by atoms with Crippen LogP contribution in [0, 0.1) is 6.92 Å². The summed E-state index contributed by atoms with van der Waals surface area (Å²) in [6.07, 6.45) is 1.80. The van der Waals surface area contributed by atoms with Crippen molar-refractivity contribution in [3.8, 4) is 11.5 Å². The summed E-state index contributed by atoms with van der Waals surface area (Å²) in [4.78, 5) is 24.0. The lowest BCUT2D eigenvalue weighted by Crippen LogP contribution is -2.16. The number of unbranched alkanes of at least 4 members (excludes halogenated alkanes) is 1. The topological polar surface area (TPSA) is 73.9 Å². The van der Waals surface area contributed by atoms with Crippen molar-refractivity contribution in [1.82, 2.24) is 0 Å². The molecule has 2 aromatic rings. The molecule has 0 aliphatic carbocycles. The van der Waals surface area contributed by atoms with Crippen molar-refractivity contribution in [1.29, 1.82) is 0 Å². The molecule has 0 aliphatic heterocycles. The van der Waals surface area contributed by atoms with Gasteiger partial charge in [-0.3, -0.25) is 4.79 Å². The van der Waals surface area contributed by atoms with Gasteiger partial charge < -0.3 is 19.5 Å². The molecule has 144 valence electrons. The second-order valence-corrected chi connectivity index (χ2v) is 6.04. The van der Waals surface area contributed by atoms with Crippen LogP contribution in [-0.2, 0) is 9.53 Å². The maximum Gasteiger partial charge on any atom is 0.344 e. The van der Waals surface area contributed by atoms with E-state index in [0.717, 1.165) is 18.4 Å². The quantitative estimate of drug-likeness (QED) is 0.533. The largest absolute Gasteiger partial charge is 0.495 e. The molecule has 1 N–H and O–H groups in total. The molecule has 0 heterocycles. The van der Waals surface area contributed by atoms with Crippen molar-refractivity contribution in [3.05, 3.63) is 53.6 Å². The minimum atomic E-state index is -0.406. The first kappa shape index (κ1) is 20.3. The van der Waals surface area contributed by atoms with E-state index in [1.54, 1.807) is 31.4 Å². The number of benzene rings is 2. The summed E-state index contributed by atoms with van der Waals surface area (Å²) in [5, 5.41) is 2.84. The fraction of sp³-hybridized carbons (Fsp3) is 0.333. The number of carbonyl (C=O) groups is 2. The Labute approximate surface area is 159 Å². The van der Waals surface area contributed by atoms with Crippen LogP contribution in [0.2, 0.25) is 0 Å². The summed E-state index contributed by atoms with van der Waals surface area (Å²) in [7, 11) is 1.56. The Bertz CT molecular complexity index is 771. The number of nitrogens with one attached hydrogen (secondary N) is 1. The zero-order valence-electron chi connectivity index (χ0n) is 15.9. The maximum atomic E-state index is 12.4. The van der Waals surface area contributed by atoms with Gasteiger partial charge in [0.1, 0.15) is 11.5 Å². The van der Waals surface area contributed by atoms with Gasteiger partial charge in [0.05, 0.1) is 19.4 Å². The Morgan fingerprint density at radius 3 is 2.48 bits per heavy atom. The van der Waals surface area contributed by atoms with E-state index >= 15 is 0 Å². The lowest BCUT2D eigenvalue weighted by Gasteiger charge is -2.11. The number of aryl methyl sites for hydroxylation is 1. The Kier molecular flexibility index (Phi) is 7.67. The molecule has 0 fully saturated rings. The van der Waals surface area contributed by atoms with Gasteiger partial charge in [-0.2, -0.15) is 0 Å². The van der Waals surface area contributed by atoms with Crippen LogP contribution in [0.3, 0.4) is 0 Å². The number of ether oxygens (including phenoxy) is 3. The summed E-state index contributed by atoms with van der Waals surface area (Å²) < 4.78 is 15.7. The summed E-state index contributed by atoms with van der Waals surface area (Å²) in [6, 6.07) is 12.1. The van der Waals surface area contributed by atoms with Crippen LogP contribution in [0.15, 0.2) is 42.5 Å². The van der Waals surface area contributed by atoms with Gasteiger partial charge in [0.25, 0.3) is 5.91 Å². The van der Waals surface area contributed by atoms with Gasteiger partial charge in [0.15, 0.2) is 6.61 Å². The van der Waals surface area contributed by atoms with Crippen molar-refractivity contribution >= 4 is 17.6 Å². The standard InChI is InChI=1S/C21H25NO5/c1-4-5-12-26-20(23)14-27-17-9-7-16(8-10-17)21(24)22-18-13-15(2)6-11-19(18)25-3/h6-11,13H,4-5,12,14H2,1-3H3,(H,22,24). The highest BCUT2D eigenvalue weighted by molar-refractivity contribution is 6.05. The molecule has 1 amide bonds. The molecule has 0 aliphatic rings. The summed E-state index contributed by atoms with van der Waals surface area (Å²) >= 11 is 0. The van der Waals surface area contributed by atoms with Crippen molar-refractivity contribution in [2.45, 2.75) is 26.7 Å². The van der Waals surface area contributed by atoms with Crippen LogP contribution < -0.4 is 14.8 Å². The van der Waals surface area contributed by atoms with Gasteiger partial charge in [-0.05, 0) is 55.3 Å². The van der Waals surface area contributed by atoms with E-state index in [1.165, 1.54) is 0 Å². The van der Waals surface area contributed by atoms with Gasteiger partial charge in [0.2, 0.25) is 0 Å². The van der Waals surface area contributed by atoms with Crippen LogP contribution in [0.25, 0.3) is 0 Å². The Morgan fingerprint density at radius 1 is 1.07 bits per heavy atom. The molecule has 6 nitrogen and oxygen atoms in total. The predicted molar refractivity (Wildman–Crippen MR) is 103 cm³/mol. The number of hydrogen-bond acceptors (Lipinski definition) is 5. The first-order valence-corrected chi connectivity index (χ1v) is 8.88. The van der Waals surface area contributed by atoms with Gasteiger partial charge >= 0.3 is 5.97 Å². The summed E-state index contributed by atoms with van der Waals surface area (Å²) in [6.45, 7) is 4.21. The monoisotopic (exact) mass is 371 g/mol. The summed E-state index contributed by atoms with van der Waals surface area (Å²) in [5.74, 6) is 0.420. The van der Waals surface area contributed by atoms with Crippen LogP contribution in [0.4, 0.5) is 5.69 Å². The van der Waals surface area contributed by atoms with Gasteiger partial charge in [0, 0.05) is 5.56 Å². The maximum absolute atomic E-state index is 12.4. The number of methoxy groups -OCH3 is 1. The highest BCUT2D eigenvalue weighted by atomic mass is 16.6. The van der Waals surface area contributed by atoms with Crippen LogP contribution in [0.5, 0.6) is 11.5 Å². The molecule has 27 heavy (non-hydrogen) atoms. The van der Waals surface area contributed by atoms with Crippen molar-refractivity contribution in [2.75, 3.05) is 25.6 Å². The zero-order valence-corrected chi connectivity index (χ0v) is 15.9. The highest BCUT2D eigenvalue weighted by Crippen LogP contribution is 2.26. The fourth-order valence-corrected chi connectivity index (χ4v) is 2.33. The zero-order chi connectivity index (χ0) is 19.6. The molecular formula is C21H25NO5. The van der Waals surface area contributed by atoms with E-state index < -0.39 is 5.97 Å². The fourth-order valence-electron chi connectivity index (χ4n) is 2.33. The number of anilines is 1. The third-order valence-corrected chi connectivity index (χ3v) is 3.84. The number of carbonyl (C=O) groups excluding carboxylic acids is 2. The van der Waals surface area contributed by atoms with Gasteiger partial charge in [-0.25, -0.2) is 4.79 Å². The molecule has 0 saturated heterocycles. The number of esters is 1. The number of hydrogen-bond donors (Lipinski definition) is 1. The van der Waals surface area contributed by atoms with E-state index in [2.05, 4.69) is 5.32 Å². The second-order valence-electron chi connectivity index (χ2n) is 6.04. The lowest BCUT2D eigenvalue weighted by molar-refractivity contribution is -0.146. The molecule has 0 saturated carbocycles. The van der Waals surface area contributed by atoms with E-state index in [-0.39, 0.29) is 12.5 Å². The van der Waals surface area contributed by atoms with Crippen molar-refractivity contribution in [3.63, 3.8) is 0 Å². The second kappa shape index (κ2) is 10.2. The first-order valence-electron chi connectivity index (χ1n) is 8.88. The third-order valence-electron chi connectivity index (χ3n) is 3.84. The number of rotatable bonds is 9. The lowest BCUT2D eigenvalue weighted by atomic mass is 10.1. The third kappa shape index (κ3) is 6.33. The molecule has 0 bridgehead atoms. The van der Waals surface area contributed by atoms with Crippen LogP contribution in [-0.4, -0.2) is 32.2 Å². The molecule has 0 spiro atoms. The molecule has 0 radical (unpaired) electrons. The average molecular weight is 371 g/mol. The van der Waals surface area contributed by atoms with Gasteiger partial charge in [-0.1, -0.05) is 19.4 Å². The SMILES string of the molecule is CCCCOC(=O)COc1ccc(C(=O)Nc2cc(C)ccc2OC)cc1. The number of amides is 1. The van der Waals surface area contributed by atoms with Crippen LogP contribution in [0.1, 0.15) is 35.7 Å². The minimum absolute atomic E-state index is 0.157. The predicted octanol–water partition coefficient (Wildman–Crippen LogP) is 3.98. The van der Waals surface area contributed by atoms with E-state index in [4.69, 9.17) is 14.2 Å². The van der Waals surface area contributed by atoms with Crippen LogP contribution >= 0.6 is 0 Å².